The van der Waals surface area contributed by atoms with Crippen molar-refractivity contribution in [2.45, 2.75) is 11.3 Å². The summed E-state index contributed by atoms with van der Waals surface area (Å²) < 4.78 is 9.67. The SMILES string of the molecule is O=C1CC(/C=C/Oc2ccc(S)cc2)C(=O)O1. The zero-order valence-electron chi connectivity index (χ0n) is 8.83. The maximum Gasteiger partial charge on any atom is 0.321 e. The van der Waals surface area contributed by atoms with Crippen LogP contribution in [0.3, 0.4) is 0 Å². The Bertz CT molecular complexity index is 464. The lowest BCUT2D eigenvalue weighted by Crippen LogP contribution is -2.04. The Kier molecular flexibility index (Phi) is 3.49. The second kappa shape index (κ2) is 5.05. The topological polar surface area (TPSA) is 52.6 Å². The molecule has 1 atom stereocenters. The molecule has 0 amide bonds. The predicted molar refractivity (Wildman–Crippen MR) is 62.7 cm³/mol. The van der Waals surface area contributed by atoms with Crippen molar-refractivity contribution in [1.82, 2.24) is 0 Å². The normalized spacial score (nSPS) is 19.7. The van der Waals surface area contributed by atoms with Crippen molar-refractivity contribution in [2.24, 2.45) is 5.92 Å². The van der Waals surface area contributed by atoms with Crippen LogP contribution in [0.2, 0.25) is 0 Å². The molecule has 0 bridgehead atoms. The minimum absolute atomic E-state index is 0.0776. The number of thiol groups is 1. The van der Waals surface area contributed by atoms with Gasteiger partial charge in [0.2, 0.25) is 0 Å². The summed E-state index contributed by atoms with van der Waals surface area (Å²) in [6.45, 7) is 0. The average molecular weight is 250 g/mol. The first kappa shape index (κ1) is 11.7. The third-order valence-electron chi connectivity index (χ3n) is 2.26. The highest BCUT2D eigenvalue weighted by Crippen LogP contribution is 2.18. The van der Waals surface area contributed by atoms with Gasteiger partial charge in [-0.3, -0.25) is 9.59 Å². The maximum absolute atomic E-state index is 11.1. The molecular formula is C12H10O4S. The Morgan fingerprint density at radius 2 is 2.00 bits per heavy atom. The van der Waals surface area contributed by atoms with Gasteiger partial charge in [-0.15, -0.1) is 12.6 Å². The summed E-state index contributed by atoms with van der Waals surface area (Å²) in [5.74, 6) is -0.923. The molecule has 4 nitrogen and oxygen atoms in total. The van der Waals surface area contributed by atoms with Crippen molar-refractivity contribution >= 4 is 24.6 Å². The van der Waals surface area contributed by atoms with Gasteiger partial charge in [-0.2, -0.15) is 0 Å². The largest absolute Gasteiger partial charge is 0.465 e. The number of carbonyl (C=O) groups is 2. The molecule has 1 unspecified atom stereocenters. The van der Waals surface area contributed by atoms with Crippen LogP contribution in [-0.2, 0) is 14.3 Å². The van der Waals surface area contributed by atoms with E-state index in [9.17, 15) is 9.59 Å². The van der Waals surface area contributed by atoms with Gasteiger partial charge in [-0.05, 0) is 30.3 Å². The highest BCUT2D eigenvalue weighted by molar-refractivity contribution is 7.80. The molecule has 17 heavy (non-hydrogen) atoms. The highest BCUT2D eigenvalue weighted by atomic mass is 32.1. The second-order valence-electron chi connectivity index (χ2n) is 3.54. The quantitative estimate of drug-likeness (QED) is 0.385. The molecule has 5 heteroatoms. The zero-order chi connectivity index (χ0) is 12.3. The number of esters is 2. The van der Waals surface area contributed by atoms with E-state index in [1.165, 1.54) is 12.3 Å². The van der Waals surface area contributed by atoms with Crippen LogP contribution in [0.4, 0.5) is 0 Å². The zero-order valence-corrected chi connectivity index (χ0v) is 9.72. The van der Waals surface area contributed by atoms with Gasteiger partial charge in [0, 0.05) is 4.90 Å². The summed E-state index contributed by atoms with van der Waals surface area (Å²) in [4.78, 5) is 22.8. The number of carbonyl (C=O) groups excluding carboxylic acids is 2. The molecule has 1 fully saturated rings. The predicted octanol–water partition coefficient (Wildman–Crippen LogP) is 1.96. The lowest BCUT2D eigenvalue weighted by atomic mass is 10.1. The molecule has 0 aromatic heterocycles. The van der Waals surface area contributed by atoms with E-state index in [1.807, 2.05) is 0 Å². The number of benzene rings is 1. The van der Waals surface area contributed by atoms with E-state index in [4.69, 9.17) is 4.74 Å². The van der Waals surface area contributed by atoms with Crippen molar-refractivity contribution in [3.63, 3.8) is 0 Å². The summed E-state index contributed by atoms with van der Waals surface area (Å²) in [6.07, 6.45) is 2.98. The summed E-state index contributed by atoms with van der Waals surface area (Å²) in [7, 11) is 0. The molecule has 2 rings (SSSR count). The summed E-state index contributed by atoms with van der Waals surface area (Å²) in [5.41, 5.74) is 0. The van der Waals surface area contributed by atoms with Crippen molar-refractivity contribution in [3.05, 3.63) is 36.6 Å². The van der Waals surface area contributed by atoms with Crippen molar-refractivity contribution in [1.29, 1.82) is 0 Å². The fourth-order valence-electron chi connectivity index (χ4n) is 1.38. The van der Waals surface area contributed by atoms with E-state index in [2.05, 4.69) is 17.4 Å². The van der Waals surface area contributed by atoms with E-state index >= 15 is 0 Å². The molecule has 0 N–H and O–H groups in total. The fraction of sp³-hybridized carbons (Fsp3) is 0.167. The van der Waals surface area contributed by atoms with Gasteiger partial charge in [0.1, 0.15) is 5.75 Å². The smallest absolute Gasteiger partial charge is 0.321 e. The molecule has 1 saturated heterocycles. The second-order valence-corrected chi connectivity index (χ2v) is 4.06. The third-order valence-corrected chi connectivity index (χ3v) is 2.55. The Morgan fingerprint density at radius 1 is 1.29 bits per heavy atom. The molecule has 0 radical (unpaired) electrons. The van der Waals surface area contributed by atoms with Crippen LogP contribution in [0.15, 0.2) is 41.5 Å². The van der Waals surface area contributed by atoms with Crippen molar-refractivity contribution in [3.8, 4) is 5.75 Å². The Morgan fingerprint density at radius 3 is 2.59 bits per heavy atom. The van der Waals surface area contributed by atoms with E-state index in [1.54, 1.807) is 24.3 Å². The lowest BCUT2D eigenvalue weighted by Gasteiger charge is -2.00. The summed E-state index contributed by atoms with van der Waals surface area (Å²) >= 11 is 4.14. The standard InChI is InChI=1S/C12H10O4S/c13-11-7-8(12(14)16-11)5-6-15-9-1-3-10(17)4-2-9/h1-6,8,17H,7H2/b6-5+. The number of rotatable bonds is 3. The number of hydrogen-bond donors (Lipinski definition) is 1. The summed E-state index contributed by atoms with van der Waals surface area (Å²) in [5, 5.41) is 0. The van der Waals surface area contributed by atoms with Crippen LogP contribution in [0, 0.1) is 5.92 Å². The molecule has 88 valence electrons. The third kappa shape index (κ3) is 3.10. The monoisotopic (exact) mass is 250 g/mol. The van der Waals surface area contributed by atoms with Crippen LogP contribution in [-0.4, -0.2) is 11.9 Å². The van der Waals surface area contributed by atoms with E-state index in [0.29, 0.717) is 5.75 Å². The first-order valence-electron chi connectivity index (χ1n) is 5.02. The van der Waals surface area contributed by atoms with Crippen LogP contribution in [0.5, 0.6) is 5.75 Å². The number of ether oxygens (including phenoxy) is 2. The number of cyclic esters (lactones) is 2. The molecule has 0 aliphatic carbocycles. The van der Waals surface area contributed by atoms with Gasteiger partial charge < -0.3 is 9.47 Å². The molecule has 0 spiro atoms. The van der Waals surface area contributed by atoms with Gasteiger partial charge in [0.25, 0.3) is 0 Å². The van der Waals surface area contributed by atoms with E-state index < -0.39 is 17.9 Å². The van der Waals surface area contributed by atoms with E-state index in [-0.39, 0.29) is 6.42 Å². The molecule has 1 aliphatic rings. The molecule has 0 saturated carbocycles. The molecular weight excluding hydrogens is 240 g/mol. The van der Waals surface area contributed by atoms with Crippen LogP contribution < -0.4 is 4.74 Å². The minimum Gasteiger partial charge on any atom is -0.465 e. The summed E-state index contributed by atoms with van der Waals surface area (Å²) in [6, 6.07) is 7.09. The van der Waals surface area contributed by atoms with Gasteiger partial charge in [0.15, 0.2) is 0 Å². The van der Waals surface area contributed by atoms with Gasteiger partial charge in [0.05, 0.1) is 18.6 Å². The van der Waals surface area contributed by atoms with Crippen LogP contribution in [0.25, 0.3) is 0 Å². The maximum atomic E-state index is 11.1. The van der Waals surface area contributed by atoms with Gasteiger partial charge in [-0.25, -0.2) is 0 Å². The average Bonchev–Trinajstić information content (AvgIpc) is 2.60. The minimum atomic E-state index is -0.536. The first-order valence-corrected chi connectivity index (χ1v) is 5.47. The number of hydrogen-bond acceptors (Lipinski definition) is 5. The lowest BCUT2D eigenvalue weighted by molar-refractivity contribution is -0.152. The van der Waals surface area contributed by atoms with Crippen molar-refractivity contribution in [2.75, 3.05) is 0 Å². The molecule has 1 aromatic carbocycles. The molecule has 1 aromatic rings. The van der Waals surface area contributed by atoms with Crippen LogP contribution in [0.1, 0.15) is 6.42 Å². The van der Waals surface area contributed by atoms with Gasteiger partial charge >= 0.3 is 11.9 Å². The van der Waals surface area contributed by atoms with Crippen molar-refractivity contribution < 1.29 is 19.1 Å². The highest BCUT2D eigenvalue weighted by Gasteiger charge is 2.31. The van der Waals surface area contributed by atoms with Gasteiger partial charge in [-0.1, -0.05) is 0 Å². The Hall–Kier alpha value is -1.75. The van der Waals surface area contributed by atoms with E-state index in [0.717, 1.165) is 4.90 Å². The van der Waals surface area contributed by atoms with Crippen LogP contribution >= 0.6 is 12.6 Å². The Labute approximate surface area is 104 Å². The first-order chi connectivity index (χ1) is 8.15. The Balaban J connectivity index is 1.91. The molecule has 1 aliphatic heterocycles. The molecule has 1 heterocycles. The fourth-order valence-corrected chi connectivity index (χ4v) is 1.53.